The molecule has 0 aromatic carbocycles. The van der Waals surface area contributed by atoms with Crippen molar-refractivity contribution in [2.24, 2.45) is 5.10 Å². The number of rotatable bonds is 1. The first-order valence-electron chi connectivity index (χ1n) is 4.23. The van der Waals surface area contributed by atoms with Crippen molar-refractivity contribution in [2.45, 2.75) is 13.3 Å². The molecule has 0 radical (unpaired) electrons. The molecule has 1 saturated heterocycles. The molecule has 2 aliphatic heterocycles. The first-order valence-corrected chi connectivity index (χ1v) is 4.23. The van der Waals surface area contributed by atoms with Crippen LogP contribution in [0.2, 0.25) is 0 Å². The summed E-state index contributed by atoms with van der Waals surface area (Å²) in [7, 11) is 0. The van der Waals surface area contributed by atoms with Gasteiger partial charge in [0.1, 0.15) is 0 Å². The molecule has 0 aromatic heterocycles. The van der Waals surface area contributed by atoms with Crippen LogP contribution in [0.5, 0.6) is 0 Å². The van der Waals surface area contributed by atoms with Crippen LogP contribution in [0.1, 0.15) is 13.3 Å². The van der Waals surface area contributed by atoms with E-state index >= 15 is 0 Å². The van der Waals surface area contributed by atoms with E-state index in [4.69, 9.17) is 4.74 Å². The molecule has 2 rings (SSSR count). The summed E-state index contributed by atoms with van der Waals surface area (Å²) in [6, 6.07) is -0.152. The van der Waals surface area contributed by atoms with Crippen molar-refractivity contribution in [1.82, 2.24) is 10.3 Å². The predicted molar refractivity (Wildman–Crippen MR) is 47.0 cm³/mol. The third-order valence-corrected chi connectivity index (χ3v) is 1.91. The quantitative estimate of drug-likeness (QED) is 0.645. The summed E-state index contributed by atoms with van der Waals surface area (Å²) in [5.74, 6) is 1.44. The largest absolute Gasteiger partial charge is 0.446 e. The maximum atomic E-state index is 11.1. The number of ether oxygens (including phenoxy) is 1. The SMILES string of the molecule is CC1=CC/C(=N/N2CCNC2=O)O1. The molecule has 13 heavy (non-hydrogen) atoms. The number of hydrogen-bond donors (Lipinski definition) is 1. The van der Waals surface area contributed by atoms with Crippen LogP contribution < -0.4 is 5.32 Å². The maximum Gasteiger partial charge on any atom is 0.338 e. The van der Waals surface area contributed by atoms with E-state index in [-0.39, 0.29) is 6.03 Å². The van der Waals surface area contributed by atoms with Gasteiger partial charge in [-0.25, -0.2) is 9.80 Å². The van der Waals surface area contributed by atoms with Gasteiger partial charge >= 0.3 is 6.03 Å². The average Bonchev–Trinajstić information content (AvgIpc) is 2.64. The van der Waals surface area contributed by atoms with Gasteiger partial charge in [-0.3, -0.25) is 0 Å². The minimum absolute atomic E-state index is 0.152. The monoisotopic (exact) mass is 181 g/mol. The molecule has 5 heteroatoms. The Labute approximate surface area is 76.0 Å². The van der Waals surface area contributed by atoms with Gasteiger partial charge in [0.25, 0.3) is 0 Å². The third kappa shape index (κ3) is 1.63. The maximum absolute atomic E-state index is 11.1. The summed E-state index contributed by atoms with van der Waals surface area (Å²) in [6.45, 7) is 3.14. The lowest BCUT2D eigenvalue weighted by molar-refractivity contribution is 0.217. The van der Waals surface area contributed by atoms with Crippen molar-refractivity contribution in [3.05, 3.63) is 11.8 Å². The van der Waals surface area contributed by atoms with Crippen molar-refractivity contribution in [3.8, 4) is 0 Å². The van der Waals surface area contributed by atoms with Crippen molar-refractivity contribution in [3.63, 3.8) is 0 Å². The number of hydrazone groups is 1. The highest BCUT2D eigenvalue weighted by molar-refractivity contribution is 5.83. The summed E-state index contributed by atoms with van der Waals surface area (Å²) in [6.07, 6.45) is 2.61. The molecule has 0 unspecified atom stereocenters. The van der Waals surface area contributed by atoms with Crippen molar-refractivity contribution < 1.29 is 9.53 Å². The van der Waals surface area contributed by atoms with Gasteiger partial charge in [-0.15, -0.1) is 5.10 Å². The number of amides is 2. The fraction of sp³-hybridized carbons (Fsp3) is 0.500. The van der Waals surface area contributed by atoms with Gasteiger partial charge < -0.3 is 10.1 Å². The van der Waals surface area contributed by atoms with Gasteiger partial charge in [0.2, 0.25) is 5.90 Å². The molecule has 2 amide bonds. The van der Waals surface area contributed by atoms with Crippen molar-refractivity contribution in [1.29, 1.82) is 0 Å². The van der Waals surface area contributed by atoms with Crippen LogP contribution in [0, 0.1) is 0 Å². The first kappa shape index (κ1) is 8.10. The fourth-order valence-electron chi connectivity index (χ4n) is 1.25. The lowest BCUT2D eigenvalue weighted by atomic mass is 10.4. The number of nitrogens with zero attached hydrogens (tertiary/aromatic N) is 2. The van der Waals surface area contributed by atoms with Gasteiger partial charge in [-0.1, -0.05) is 0 Å². The molecule has 0 bridgehead atoms. The van der Waals surface area contributed by atoms with Crippen LogP contribution in [0.25, 0.3) is 0 Å². The van der Waals surface area contributed by atoms with Gasteiger partial charge in [0.15, 0.2) is 0 Å². The lowest BCUT2D eigenvalue weighted by Crippen LogP contribution is -2.24. The Morgan fingerprint density at radius 1 is 1.69 bits per heavy atom. The lowest BCUT2D eigenvalue weighted by Gasteiger charge is -2.07. The number of carbonyl (C=O) groups is 1. The molecular weight excluding hydrogens is 170 g/mol. The van der Waals surface area contributed by atoms with E-state index in [9.17, 15) is 4.79 Å². The molecule has 2 aliphatic rings. The minimum Gasteiger partial charge on any atom is -0.446 e. The Kier molecular flexibility index (Phi) is 1.92. The number of urea groups is 1. The number of carbonyl (C=O) groups excluding carboxylic acids is 1. The molecule has 70 valence electrons. The Morgan fingerprint density at radius 2 is 2.54 bits per heavy atom. The van der Waals surface area contributed by atoms with Crippen LogP contribution in [-0.4, -0.2) is 30.0 Å². The molecule has 0 atom stereocenters. The van der Waals surface area contributed by atoms with E-state index in [1.165, 1.54) is 5.01 Å². The van der Waals surface area contributed by atoms with E-state index < -0.39 is 0 Å². The van der Waals surface area contributed by atoms with Gasteiger partial charge in [0, 0.05) is 13.0 Å². The van der Waals surface area contributed by atoms with Gasteiger partial charge in [-0.2, -0.15) is 0 Å². The van der Waals surface area contributed by atoms with Crippen LogP contribution in [0.15, 0.2) is 16.9 Å². The minimum atomic E-state index is -0.152. The van der Waals surface area contributed by atoms with E-state index in [2.05, 4.69) is 10.4 Å². The highest BCUT2D eigenvalue weighted by Gasteiger charge is 2.20. The van der Waals surface area contributed by atoms with E-state index in [1.54, 1.807) is 0 Å². The molecular formula is C8H11N3O2. The molecule has 0 aliphatic carbocycles. The van der Waals surface area contributed by atoms with Crippen LogP contribution in [0.3, 0.4) is 0 Å². The van der Waals surface area contributed by atoms with Crippen LogP contribution in [0.4, 0.5) is 4.79 Å². The third-order valence-electron chi connectivity index (χ3n) is 1.91. The topological polar surface area (TPSA) is 53.9 Å². The summed E-state index contributed by atoms with van der Waals surface area (Å²) >= 11 is 0. The second-order valence-electron chi connectivity index (χ2n) is 2.97. The molecule has 1 N–H and O–H groups in total. The summed E-state index contributed by atoms with van der Waals surface area (Å²) in [5.41, 5.74) is 0. The van der Waals surface area contributed by atoms with E-state index in [1.807, 2.05) is 13.0 Å². The highest BCUT2D eigenvalue weighted by Crippen LogP contribution is 2.12. The standard InChI is InChI=1S/C8H11N3O2/c1-6-2-3-7(13-6)10-11-5-4-9-8(11)12/h2H,3-5H2,1H3,(H,9,12)/b10-7-. The summed E-state index contributed by atoms with van der Waals surface area (Å²) < 4.78 is 5.26. The van der Waals surface area contributed by atoms with E-state index in [0.29, 0.717) is 25.4 Å². The zero-order valence-electron chi connectivity index (χ0n) is 7.41. The number of hydrogen-bond acceptors (Lipinski definition) is 3. The van der Waals surface area contributed by atoms with Crippen molar-refractivity contribution in [2.75, 3.05) is 13.1 Å². The molecule has 2 heterocycles. The number of nitrogens with one attached hydrogen (secondary N) is 1. The fourth-order valence-corrected chi connectivity index (χ4v) is 1.25. The average molecular weight is 181 g/mol. The van der Waals surface area contributed by atoms with Gasteiger partial charge in [0.05, 0.1) is 12.3 Å². The predicted octanol–water partition coefficient (Wildman–Crippen LogP) is 0.649. The molecule has 0 aromatic rings. The van der Waals surface area contributed by atoms with Gasteiger partial charge in [-0.05, 0) is 13.0 Å². The molecule has 0 spiro atoms. The van der Waals surface area contributed by atoms with E-state index in [0.717, 1.165) is 5.76 Å². The second kappa shape index (κ2) is 3.08. The Balaban J connectivity index is 2.00. The summed E-state index contributed by atoms with van der Waals surface area (Å²) in [5, 5.41) is 8.12. The molecule has 5 nitrogen and oxygen atoms in total. The normalized spacial score (nSPS) is 24.7. The van der Waals surface area contributed by atoms with Crippen LogP contribution in [-0.2, 0) is 4.74 Å². The number of allylic oxidation sites excluding steroid dienone is 1. The van der Waals surface area contributed by atoms with Crippen LogP contribution >= 0.6 is 0 Å². The molecule has 1 fully saturated rings. The Hall–Kier alpha value is -1.52. The smallest absolute Gasteiger partial charge is 0.338 e. The zero-order valence-corrected chi connectivity index (χ0v) is 7.41. The zero-order chi connectivity index (χ0) is 9.26. The summed E-state index contributed by atoms with van der Waals surface area (Å²) in [4.78, 5) is 11.1. The highest BCUT2D eigenvalue weighted by atomic mass is 16.5. The van der Waals surface area contributed by atoms with Crippen molar-refractivity contribution >= 4 is 11.9 Å². The Bertz CT molecular complexity index is 296. The molecule has 0 saturated carbocycles. The Morgan fingerprint density at radius 3 is 3.08 bits per heavy atom. The first-order chi connectivity index (χ1) is 6.25. The second-order valence-corrected chi connectivity index (χ2v) is 2.97.